The predicted octanol–water partition coefficient (Wildman–Crippen LogP) is 5.22. The molecule has 3 aliphatic heterocycles. The Morgan fingerprint density at radius 3 is 2.50 bits per heavy atom. The molecule has 3 heterocycles. The zero-order chi connectivity index (χ0) is 28.4. The number of aliphatic hydroxyl groups is 1. The van der Waals surface area contributed by atoms with Crippen LogP contribution in [0, 0.1) is 5.92 Å². The number of allylic oxidation sites excluding steroid dienone is 2. The van der Waals surface area contributed by atoms with Crippen molar-refractivity contribution in [3.63, 3.8) is 0 Å². The molecule has 3 aliphatic rings. The van der Waals surface area contributed by atoms with E-state index in [1.54, 1.807) is 0 Å². The summed E-state index contributed by atoms with van der Waals surface area (Å²) in [6, 6.07) is 0. The van der Waals surface area contributed by atoms with Crippen LogP contribution in [0.15, 0.2) is 22.0 Å². The van der Waals surface area contributed by atoms with E-state index in [0.717, 1.165) is 16.4 Å². The second kappa shape index (κ2) is 12.8. The van der Waals surface area contributed by atoms with Crippen molar-refractivity contribution in [1.82, 2.24) is 0 Å². The van der Waals surface area contributed by atoms with E-state index in [0.29, 0.717) is 25.2 Å². The molecule has 0 radical (unpaired) electrons. The molecule has 3 unspecified atom stereocenters. The van der Waals surface area contributed by atoms with Gasteiger partial charge in [0.25, 0.3) is 0 Å². The first-order chi connectivity index (χ1) is 17.6. The van der Waals surface area contributed by atoms with Crippen molar-refractivity contribution >= 4 is 42.7 Å². The van der Waals surface area contributed by atoms with Crippen molar-refractivity contribution < 1.29 is 38.1 Å². The van der Waals surface area contributed by atoms with Gasteiger partial charge in [-0.15, -0.1) is 0 Å². The zero-order valence-corrected chi connectivity index (χ0v) is 27.0. The first-order valence-electron chi connectivity index (χ1n) is 13.6. The molecule has 0 aromatic rings. The summed E-state index contributed by atoms with van der Waals surface area (Å²) in [6.07, 6.45) is 0.927. The molecule has 0 bridgehead atoms. The third kappa shape index (κ3) is 7.69. The van der Waals surface area contributed by atoms with Gasteiger partial charge in [-0.25, -0.2) is 0 Å². The van der Waals surface area contributed by atoms with Gasteiger partial charge in [0.15, 0.2) is 20.2 Å². The van der Waals surface area contributed by atoms with Crippen LogP contribution in [0.1, 0.15) is 66.2 Å². The average molecular weight is 665 g/mol. The van der Waals surface area contributed by atoms with Crippen molar-refractivity contribution in [3.8, 4) is 0 Å². The Morgan fingerprint density at radius 2 is 1.89 bits per heavy atom. The standard InChI is InChI=1S/C28H45IO8Si/c1-16(13-17(2)29)9-10-18(30)14-21-23(32)25-26(36-21)27(37-38(7,8)28(3,4)5)24-20(35-25)12-11-19(34-24)15-22(31)33-6/h14,16,19-20,23-27,32H,2,9-13,15H2,1,3-8H3/b21-14-/t16-,19?,20+,23+,24+,25?,26-,27?/m1/s1. The molecule has 216 valence electrons. The van der Waals surface area contributed by atoms with Crippen LogP contribution < -0.4 is 0 Å². The maximum Gasteiger partial charge on any atom is 0.308 e. The summed E-state index contributed by atoms with van der Waals surface area (Å²) < 4.78 is 31.8. The summed E-state index contributed by atoms with van der Waals surface area (Å²) >= 11 is 2.21. The molecule has 0 aromatic carbocycles. The fraction of sp³-hybridized carbons (Fsp3) is 0.786. The van der Waals surface area contributed by atoms with Gasteiger partial charge in [-0.2, -0.15) is 0 Å². The van der Waals surface area contributed by atoms with E-state index in [2.05, 4.69) is 70.0 Å². The molecule has 0 aliphatic carbocycles. The Hall–Kier alpha value is -0.793. The lowest BCUT2D eigenvalue weighted by molar-refractivity contribution is -0.255. The number of fused-ring (bicyclic) bond motifs is 2. The van der Waals surface area contributed by atoms with Gasteiger partial charge in [-0.3, -0.25) is 9.59 Å². The van der Waals surface area contributed by atoms with Crippen LogP contribution >= 0.6 is 22.6 Å². The third-order valence-electron chi connectivity index (χ3n) is 8.28. The summed E-state index contributed by atoms with van der Waals surface area (Å²) in [5.41, 5.74) is 0. The van der Waals surface area contributed by atoms with E-state index < -0.39 is 38.8 Å². The van der Waals surface area contributed by atoms with Gasteiger partial charge >= 0.3 is 5.97 Å². The van der Waals surface area contributed by atoms with Crippen molar-refractivity contribution in [2.24, 2.45) is 5.92 Å². The molecule has 0 amide bonds. The van der Waals surface area contributed by atoms with Crippen molar-refractivity contribution in [1.29, 1.82) is 0 Å². The number of hydrogen-bond donors (Lipinski definition) is 1. The smallest absolute Gasteiger partial charge is 0.308 e. The lowest BCUT2D eigenvalue weighted by atomic mass is 9.88. The van der Waals surface area contributed by atoms with Crippen LogP contribution in [-0.4, -0.2) is 75.0 Å². The summed E-state index contributed by atoms with van der Waals surface area (Å²) in [4.78, 5) is 24.7. The number of halogens is 1. The maximum absolute atomic E-state index is 12.8. The molecule has 8 atom stereocenters. The molecule has 3 saturated heterocycles. The van der Waals surface area contributed by atoms with Crippen molar-refractivity contribution in [2.75, 3.05) is 7.11 Å². The number of ether oxygens (including phenoxy) is 4. The summed E-state index contributed by atoms with van der Waals surface area (Å²) in [5.74, 6) is 0.169. The van der Waals surface area contributed by atoms with E-state index in [-0.39, 0.29) is 41.2 Å². The topological polar surface area (TPSA) is 101 Å². The number of esters is 1. The molecule has 0 saturated carbocycles. The van der Waals surface area contributed by atoms with Crippen LogP contribution in [0.2, 0.25) is 18.1 Å². The first kappa shape index (κ1) is 31.7. The minimum Gasteiger partial charge on any atom is -0.486 e. The molecule has 0 aromatic heterocycles. The molecule has 3 rings (SSSR count). The van der Waals surface area contributed by atoms with Gasteiger partial charge in [0.2, 0.25) is 0 Å². The lowest BCUT2D eigenvalue weighted by Crippen LogP contribution is -2.64. The van der Waals surface area contributed by atoms with E-state index in [1.807, 2.05) is 0 Å². The third-order valence-corrected chi connectivity index (χ3v) is 13.2. The van der Waals surface area contributed by atoms with Gasteiger partial charge in [0.1, 0.15) is 30.2 Å². The zero-order valence-electron chi connectivity index (χ0n) is 23.8. The Labute approximate surface area is 242 Å². The first-order valence-corrected chi connectivity index (χ1v) is 17.6. The van der Waals surface area contributed by atoms with Gasteiger partial charge in [-0.05, 0) is 75.9 Å². The number of ketones is 1. The normalized spacial score (nSPS) is 33.2. The largest absolute Gasteiger partial charge is 0.486 e. The van der Waals surface area contributed by atoms with Gasteiger partial charge in [0, 0.05) is 12.5 Å². The number of methoxy groups -OCH3 is 1. The van der Waals surface area contributed by atoms with Gasteiger partial charge in [0.05, 0.1) is 25.7 Å². The predicted molar refractivity (Wildman–Crippen MR) is 155 cm³/mol. The highest BCUT2D eigenvalue weighted by molar-refractivity contribution is 14.1. The van der Waals surface area contributed by atoms with E-state index >= 15 is 0 Å². The number of aliphatic hydroxyl groups excluding tert-OH is 1. The highest BCUT2D eigenvalue weighted by Crippen LogP contribution is 2.45. The van der Waals surface area contributed by atoms with Crippen LogP contribution in [-0.2, 0) is 33.0 Å². The van der Waals surface area contributed by atoms with Crippen LogP contribution in [0.4, 0.5) is 0 Å². The monoisotopic (exact) mass is 664 g/mol. The Balaban J connectivity index is 1.82. The minimum absolute atomic E-state index is 0.0673. The fourth-order valence-electron chi connectivity index (χ4n) is 5.05. The van der Waals surface area contributed by atoms with Crippen molar-refractivity contribution in [2.45, 2.75) is 127 Å². The molecule has 10 heteroatoms. The summed E-state index contributed by atoms with van der Waals surface area (Å²) in [7, 11) is -0.917. The maximum atomic E-state index is 12.8. The second-order valence-corrected chi connectivity index (χ2v) is 18.7. The van der Waals surface area contributed by atoms with E-state index in [1.165, 1.54) is 13.2 Å². The van der Waals surface area contributed by atoms with Gasteiger partial charge in [-0.1, -0.05) is 34.3 Å². The molecule has 8 nitrogen and oxygen atoms in total. The molecular formula is C28H45IO8Si. The molecule has 1 N–H and O–H groups in total. The van der Waals surface area contributed by atoms with Crippen LogP contribution in [0.25, 0.3) is 0 Å². The van der Waals surface area contributed by atoms with Crippen LogP contribution in [0.3, 0.4) is 0 Å². The Morgan fingerprint density at radius 1 is 1.21 bits per heavy atom. The molecular weight excluding hydrogens is 619 g/mol. The van der Waals surface area contributed by atoms with E-state index in [4.69, 9.17) is 23.4 Å². The average Bonchev–Trinajstić information content (AvgIpc) is 3.11. The van der Waals surface area contributed by atoms with Gasteiger partial charge < -0.3 is 28.5 Å². The molecule has 3 fully saturated rings. The fourth-order valence-corrected chi connectivity index (χ4v) is 7.10. The summed E-state index contributed by atoms with van der Waals surface area (Å²) in [6.45, 7) is 16.9. The number of rotatable bonds is 10. The quantitative estimate of drug-likeness (QED) is 0.147. The highest BCUT2D eigenvalue weighted by Gasteiger charge is 2.59. The van der Waals surface area contributed by atoms with Crippen LogP contribution in [0.5, 0.6) is 0 Å². The molecule has 38 heavy (non-hydrogen) atoms. The second-order valence-electron chi connectivity index (χ2n) is 12.5. The van der Waals surface area contributed by atoms with E-state index in [9.17, 15) is 14.7 Å². The number of carbonyl (C=O) groups is 2. The number of carbonyl (C=O) groups excluding carboxylic acids is 2. The Bertz CT molecular complexity index is 913. The Kier molecular flexibility index (Phi) is 10.7. The number of hydrogen-bond acceptors (Lipinski definition) is 8. The lowest BCUT2D eigenvalue weighted by Gasteiger charge is -2.50. The molecule has 0 spiro atoms. The SMILES string of the molecule is C=C(I)C[C@H](C)CCC(=O)/C=C1\O[C@H]2C(O[Si](C)(C)C(C)(C)C)[C@H]3OC(CC(=O)OC)CC[C@@H]3OC2[C@H]1O. The highest BCUT2D eigenvalue weighted by atomic mass is 127. The minimum atomic E-state index is -2.29. The summed E-state index contributed by atoms with van der Waals surface area (Å²) in [5, 5.41) is 11.1. The van der Waals surface area contributed by atoms with Crippen molar-refractivity contribution in [3.05, 3.63) is 22.0 Å².